The van der Waals surface area contributed by atoms with Crippen molar-refractivity contribution in [2.24, 2.45) is 5.92 Å². The van der Waals surface area contributed by atoms with E-state index in [0.717, 1.165) is 15.7 Å². The van der Waals surface area contributed by atoms with Gasteiger partial charge in [0, 0.05) is 16.7 Å². The summed E-state index contributed by atoms with van der Waals surface area (Å²) in [6, 6.07) is 7.56. The molecule has 0 unspecified atom stereocenters. The Kier molecular flexibility index (Phi) is 6.39. The predicted molar refractivity (Wildman–Crippen MR) is 117 cm³/mol. The maximum absolute atomic E-state index is 12.8. The first-order valence-corrected chi connectivity index (χ1v) is 11.2. The quantitative estimate of drug-likeness (QED) is 0.414. The number of thiophene rings is 1. The molecule has 1 N–H and O–H groups in total. The molecule has 5 nitrogen and oxygen atoms in total. The Morgan fingerprint density at radius 2 is 2.15 bits per heavy atom. The Morgan fingerprint density at radius 3 is 2.85 bits per heavy atom. The van der Waals surface area contributed by atoms with E-state index < -0.39 is 0 Å². The Hall–Kier alpha value is -1.64. The van der Waals surface area contributed by atoms with Gasteiger partial charge in [-0.15, -0.1) is 11.3 Å². The molecule has 8 heteroatoms. The van der Waals surface area contributed by atoms with Gasteiger partial charge in [-0.25, -0.2) is 4.98 Å². The number of thioether (sulfide) groups is 1. The standard InChI is InChI=1S/C19H20BrN3O2S2/c1-11(2)9-23-18(25)17-15(6-7-26-17)22-19(23)27-10-16(24)21-14-5-4-13(20)8-12(14)3/h4-8,11H,9-10H2,1-3H3,(H,21,24). The Balaban J connectivity index is 1.79. The molecule has 0 atom stereocenters. The number of aryl methyl sites for hydroxylation is 1. The number of halogens is 1. The molecule has 3 aromatic rings. The maximum Gasteiger partial charge on any atom is 0.272 e. The number of carbonyl (C=O) groups is 1. The number of amides is 1. The molecule has 0 aliphatic rings. The zero-order valence-electron chi connectivity index (χ0n) is 15.3. The summed E-state index contributed by atoms with van der Waals surface area (Å²) in [4.78, 5) is 29.8. The van der Waals surface area contributed by atoms with E-state index in [1.54, 1.807) is 4.57 Å². The number of nitrogens with zero attached hydrogens (tertiary/aromatic N) is 2. The first-order valence-electron chi connectivity index (χ1n) is 8.52. The smallest absolute Gasteiger partial charge is 0.272 e. The molecule has 2 aromatic heterocycles. The van der Waals surface area contributed by atoms with Crippen molar-refractivity contribution in [3.05, 3.63) is 50.0 Å². The fourth-order valence-corrected chi connectivity index (χ4v) is 4.71. The number of aromatic nitrogens is 2. The van der Waals surface area contributed by atoms with Crippen LogP contribution in [0.3, 0.4) is 0 Å². The Bertz CT molecular complexity index is 1040. The summed E-state index contributed by atoms with van der Waals surface area (Å²) in [5, 5.41) is 5.38. The summed E-state index contributed by atoms with van der Waals surface area (Å²) < 4.78 is 3.32. The molecular formula is C19H20BrN3O2S2. The third-order valence-corrected chi connectivity index (χ3v) is 6.23. The summed E-state index contributed by atoms with van der Waals surface area (Å²) in [6.07, 6.45) is 0. The van der Waals surface area contributed by atoms with Crippen LogP contribution in [0.4, 0.5) is 5.69 Å². The molecule has 0 aliphatic carbocycles. The van der Waals surface area contributed by atoms with Crippen LogP contribution in [0, 0.1) is 12.8 Å². The van der Waals surface area contributed by atoms with Crippen molar-refractivity contribution < 1.29 is 4.79 Å². The summed E-state index contributed by atoms with van der Waals surface area (Å²) in [7, 11) is 0. The van der Waals surface area contributed by atoms with E-state index >= 15 is 0 Å². The number of anilines is 1. The van der Waals surface area contributed by atoms with Crippen LogP contribution in [0.2, 0.25) is 0 Å². The zero-order chi connectivity index (χ0) is 19.6. The van der Waals surface area contributed by atoms with Gasteiger partial charge in [0.1, 0.15) is 4.70 Å². The lowest BCUT2D eigenvalue weighted by Gasteiger charge is -2.14. The van der Waals surface area contributed by atoms with Gasteiger partial charge < -0.3 is 5.32 Å². The topological polar surface area (TPSA) is 64.0 Å². The van der Waals surface area contributed by atoms with Crippen LogP contribution in [0.25, 0.3) is 10.2 Å². The highest BCUT2D eigenvalue weighted by Gasteiger charge is 2.15. The number of fused-ring (bicyclic) bond motifs is 1. The normalized spacial score (nSPS) is 11.3. The van der Waals surface area contributed by atoms with Crippen LogP contribution in [0.1, 0.15) is 19.4 Å². The minimum absolute atomic E-state index is 0.0321. The van der Waals surface area contributed by atoms with E-state index in [0.29, 0.717) is 27.8 Å². The van der Waals surface area contributed by atoms with Gasteiger partial charge in [-0.05, 0) is 48.1 Å². The van der Waals surface area contributed by atoms with Crippen molar-refractivity contribution in [2.45, 2.75) is 32.5 Å². The van der Waals surface area contributed by atoms with Gasteiger partial charge in [0.05, 0.1) is 11.3 Å². The van der Waals surface area contributed by atoms with E-state index in [1.165, 1.54) is 23.1 Å². The molecule has 0 saturated carbocycles. The summed E-state index contributed by atoms with van der Waals surface area (Å²) in [5.74, 6) is 0.372. The van der Waals surface area contributed by atoms with Gasteiger partial charge >= 0.3 is 0 Å². The summed E-state index contributed by atoms with van der Waals surface area (Å²) >= 11 is 6.12. The number of benzene rings is 1. The molecule has 142 valence electrons. The number of hydrogen-bond acceptors (Lipinski definition) is 5. The molecule has 1 amide bonds. The van der Waals surface area contributed by atoms with Crippen LogP contribution in [-0.4, -0.2) is 21.2 Å². The first kappa shape index (κ1) is 20.1. The average Bonchev–Trinajstić information content (AvgIpc) is 3.07. The predicted octanol–water partition coefficient (Wildman–Crippen LogP) is 4.92. The van der Waals surface area contributed by atoms with Crippen LogP contribution in [0.5, 0.6) is 0 Å². The lowest BCUT2D eigenvalue weighted by atomic mass is 10.2. The fraction of sp³-hybridized carbons (Fsp3) is 0.316. The molecule has 1 aromatic carbocycles. The van der Waals surface area contributed by atoms with Crippen molar-refractivity contribution >= 4 is 60.8 Å². The number of nitrogens with one attached hydrogen (secondary N) is 1. The number of carbonyl (C=O) groups excluding carboxylic acids is 1. The van der Waals surface area contributed by atoms with Gasteiger partial charge in [0.2, 0.25) is 5.91 Å². The lowest BCUT2D eigenvalue weighted by molar-refractivity contribution is -0.113. The van der Waals surface area contributed by atoms with Crippen molar-refractivity contribution in [1.29, 1.82) is 0 Å². The monoisotopic (exact) mass is 465 g/mol. The van der Waals surface area contributed by atoms with Gasteiger partial charge in [-0.3, -0.25) is 14.2 Å². The second-order valence-corrected chi connectivity index (χ2v) is 9.41. The minimum Gasteiger partial charge on any atom is -0.325 e. The fourth-order valence-electron chi connectivity index (χ4n) is 2.64. The van der Waals surface area contributed by atoms with Gasteiger partial charge in [0.15, 0.2) is 5.16 Å². The van der Waals surface area contributed by atoms with Crippen molar-refractivity contribution in [3.63, 3.8) is 0 Å². The third kappa shape index (κ3) is 4.80. The molecule has 27 heavy (non-hydrogen) atoms. The largest absolute Gasteiger partial charge is 0.325 e. The minimum atomic E-state index is -0.124. The van der Waals surface area contributed by atoms with Gasteiger partial charge in [-0.1, -0.05) is 41.5 Å². The molecule has 0 bridgehead atoms. The second kappa shape index (κ2) is 8.58. The molecule has 0 saturated heterocycles. The van der Waals surface area contributed by atoms with Crippen molar-refractivity contribution in [2.75, 3.05) is 11.1 Å². The van der Waals surface area contributed by atoms with Crippen LogP contribution in [-0.2, 0) is 11.3 Å². The summed E-state index contributed by atoms with van der Waals surface area (Å²) in [6.45, 7) is 6.64. The van der Waals surface area contributed by atoms with Crippen LogP contribution >= 0.6 is 39.0 Å². The molecule has 0 fully saturated rings. The van der Waals surface area contributed by atoms with Crippen molar-refractivity contribution in [1.82, 2.24) is 9.55 Å². The highest BCUT2D eigenvalue weighted by molar-refractivity contribution is 9.10. The lowest BCUT2D eigenvalue weighted by Crippen LogP contribution is -2.25. The van der Waals surface area contributed by atoms with E-state index in [-0.39, 0.29) is 17.2 Å². The van der Waals surface area contributed by atoms with E-state index in [2.05, 4.69) is 40.1 Å². The van der Waals surface area contributed by atoms with E-state index in [9.17, 15) is 9.59 Å². The SMILES string of the molecule is Cc1cc(Br)ccc1NC(=O)CSc1nc2ccsc2c(=O)n1CC(C)C. The highest BCUT2D eigenvalue weighted by atomic mass is 79.9. The third-order valence-electron chi connectivity index (χ3n) is 3.87. The van der Waals surface area contributed by atoms with Gasteiger partial charge in [-0.2, -0.15) is 0 Å². The molecule has 3 rings (SSSR count). The molecule has 0 aliphatic heterocycles. The van der Waals surface area contributed by atoms with Crippen LogP contribution in [0.15, 0.2) is 44.1 Å². The average molecular weight is 466 g/mol. The molecule has 2 heterocycles. The maximum atomic E-state index is 12.8. The van der Waals surface area contributed by atoms with Crippen molar-refractivity contribution in [3.8, 4) is 0 Å². The van der Waals surface area contributed by atoms with Gasteiger partial charge in [0.25, 0.3) is 5.56 Å². The van der Waals surface area contributed by atoms with E-state index in [4.69, 9.17) is 0 Å². The molecular weight excluding hydrogens is 446 g/mol. The number of hydrogen-bond donors (Lipinski definition) is 1. The molecule has 0 spiro atoms. The highest BCUT2D eigenvalue weighted by Crippen LogP contribution is 2.23. The molecule has 0 radical (unpaired) electrons. The Labute approximate surface area is 174 Å². The number of rotatable bonds is 6. The zero-order valence-corrected chi connectivity index (χ0v) is 18.5. The van der Waals surface area contributed by atoms with E-state index in [1.807, 2.05) is 36.6 Å². The first-order chi connectivity index (χ1) is 12.8. The Morgan fingerprint density at radius 1 is 1.37 bits per heavy atom. The van der Waals surface area contributed by atoms with Crippen LogP contribution < -0.4 is 10.9 Å². The second-order valence-electron chi connectivity index (χ2n) is 6.64. The summed E-state index contributed by atoms with van der Waals surface area (Å²) in [5.41, 5.74) is 2.42.